The Kier molecular flexibility index (Phi) is 5.00. The zero-order valence-electron chi connectivity index (χ0n) is 9.63. The van der Waals surface area contributed by atoms with Crippen molar-refractivity contribution >= 4 is 15.4 Å². The lowest BCUT2D eigenvalue weighted by molar-refractivity contribution is 1.10. The van der Waals surface area contributed by atoms with Crippen LogP contribution in [0.3, 0.4) is 0 Å². The molecule has 0 fully saturated rings. The van der Waals surface area contributed by atoms with Crippen LogP contribution < -0.4 is 5.19 Å². The molecule has 0 atom stereocenters. The van der Waals surface area contributed by atoms with E-state index in [4.69, 9.17) is 0 Å². The van der Waals surface area contributed by atoms with E-state index in [1.165, 1.54) is 16.7 Å². The number of benzene rings is 1. The van der Waals surface area contributed by atoms with Crippen molar-refractivity contribution in [1.82, 2.24) is 0 Å². The molecule has 1 rings (SSSR count). The van der Waals surface area contributed by atoms with E-state index in [0.717, 1.165) is 24.4 Å². The molecule has 0 unspecified atom stereocenters. The summed E-state index contributed by atoms with van der Waals surface area (Å²) in [5, 5.41) is 1.14. The fourth-order valence-corrected chi connectivity index (χ4v) is 2.20. The fraction of sp³-hybridized carbons (Fsp3) is 0.200. The number of rotatable bonds is 6. The van der Waals surface area contributed by atoms with Gasteiger partial charge in [0.05, 0.1) is 10.2 Å². The number of allylic oxidation sites excluding steroid dienone is 3. The summed E-state index contributed by atoms with van der Waals surface area (Å²) in [7, 11) is 3.65. The van der Waals surface area contributed by atoms with E-state index in [-0.39, 0.29) is 0 Å². The third-order valence-corrected chi connectivity index (χ3v) is 3.06. The largest absolute Gasteiger partial charge is 0.103 e. The second-order valence-electron chi connectivity index (χ2n) is 3.71. The standard InChI is InChI=1S/C15H17Si/c1-4-7-12-10-11-15(16)14(9-6-3)13(12)8-5-2/h4-6,10-11H,1-3,7-9H2. The van der Waals surface area contributed by atoms with Gasteiger partial charge in [0.15, 0.2) is 0 Å². The molecule has 3 radical (unpaired) electrons. The van der Waals surface area contributed by atoms with Crippen LogP contribution in [0.4, 0.5) is 0 Å². The topological polar surface area (TPSA) is 0 Å². The summed E-state index contributed by atoms with van der Waals surface area (Å²) in [5.41, 5.74) is 3.99. The average Bonchev–Trinajstić information content (AvgIpc) is 2.27. The first kappa shape index (κ1) is 12.7. The highest BCUT2D eigenvalue weighted by atomic mass is 28.1. The Hall–Kier alpha value is -1.34. The molecule has 1 aromatic carbocycles. The third-order valence-electron chi connectivity index (χ3n) is 2.59. The molecule has 16 heavy (non-hydrogen) atoms. The van der Waals surface area contributed by atoms with E-state index in [0.29, 0.717) is 0 Å². The van der Waals surface area contributed by atoms with Gasteiger partial charge in [-0.3, -0.25) is 0 Å². The van der Waals surface area contributed by atoms with Gasteiger partial charge < -0.3 is 0 Å². The maximum Gasteiger partial charge on any atom is 0.0716 e. The maximum absolute atomic E-state index is 3.82. The molecule has 0 saturated heterocycles. The lowest BCUT2D eigenvalue weighted by Gasteiger charge is -2.14. The van der Waals surface area contributed by atoms with Gasteiger partial charge in [-0.2, -0.15) is 0 Å². The minimum atomic E-state index is 0.882. The Balaban J connectivity index is 3.28. The molecule has 0 bridgehead atoms. The van der Waals surface area contributed by atoms with Crippen LogP contribution in [-0.2, 0) is 19.3 Å². The molecule has 1 aromatic rings. The zero-order chi connectivity index (χ0) is 12.0. The van der Waals surface area contributed by atoms with Gasteiger partial charge >= 0.3 is 0 Å². The van der Waals surface area contributed by atoms with Crippen molar-refractivity contribution in [3.63, 3.8) is 0 Å². The smallest absolute Gasteiger partial charge is 0.0716 e. The Labute approximate surface area is 102 Å². The average molecular weight is 225 g/mol. The zero-order valence-corrected chi connectivity index (χ0v) is 10.6. The van der Waals surface area contributed by atoms with Gasteiger partial charge in [-0.05, 0) is 36.0 Å². The first-order valence-electron chi connectivity index (χ1n) is 5.42. The SMILES string of the molecule is C=CCc1ccc([Si])c(CC=C)c1CC=C. The molecule has 0 aliphatic carbocycles. The van der Waals surface area contributed by atoms with Crippen LogP contribution in [0.5, 0.6) is 0 Å². The van der Waals surface area contributed by atoms with Gasteiger partial charge in [0.1, 0.15) is 0 Å². The number of hydrogen-bond acceptors (Lipinski definition) is 0. The van der Waals surface area contributed by atoms with E-state index in [1.807, 2.05) is 18.2 Å². The van der Waals surface area contributed by atoms with Gasteiger partial charge in [-0.25, -0.2) is 0 Å². The number of hydrogen-bond donors (Lipinski definition) is 0. The van der Waals surface area contributed by atoms with Crippen LogP contribution in [0.1, 0.15) is 16.7 Å². The predicted molar refractivity (Wildman–Crippen MR) is 73.5 cm³/mol. The summed E-state index contributed by atoms with van der Waals surface area (Å²) in [6, 6.07) is 4.25. The minimum absolute atomic E-state index is 0.882. The quantitative estimate of drug-likeness (QED) is 0.516. The summed E-state index contributed by atoms with van der Waals surface area (Å²) >= 11 is 0. The molecule has 1 heteroatoms. The summed E-state index contributed by atoms with van der Waals surface area (Å²) in [6.07, 6.45) is 8.49. The first-order chi connectivity index (χ1) is 7.74. The first-order valence-corrected chi connectivity index (χ1v) is 5.92. The van der Waals surface area contributed by atoms with E-state index in [9.17, 15) is 0 Å². The van der Waals surface area contributed by atoms with Crippen LogP contribution in [0.25, 0.3) is 0 Å². The van der Waals surface area contributed by atoms with Gasteiger partial charge in [-0.1, -0.05) is 35.5 Å². The van der Waals surface area contributed by atoms with Crippen LogP contribution in [0.15, 0.2) is 50.1 Å². The lowest BCUT2D eigenvalue weighted by atomic mass is 9.94. The van der Waals surface area contributed by atoms with E-state index in [2.05, 4.69) is 42.1 Å². The van der Waals surface area contributed by atoms with Crippen molar-refractivity contribution in [2.75, 3.05) is 0 Å². The lowest BCUT2D eigenvalue weighted by Crippen LogP contribution is -2.14. The second kappa shape index (κ2) is 6.29. The van der Waals surface area contributed by atoms with E-state index in [1.54, 1.807) is 0 Å². The third kappa shape index (κ3) is 2.83. The van der Waals surface area contributed by atoms with Crippen molar-refractivity contribution in [2.24, 2.45) is 0 Å². The minimum Gasteiger partial charge on any atom is -0.103 e. The molecular weight excluding hydrogens is 208 g/mol. The molecule has 0 spiro atoms. The molecule has 81 valence electrons. The van der Waals surface area contributed by atoms with Crippen molar-refractivity contribution in [3.05, 3.63) is 66.8 Å². The predicted octanol–water partition coefficient (Wildman–Crippen LogP) is 2.67. The fourth-order valence-electron chi connectivity index (χ4n) is 1.86. The highest BCUT2D eigenvalue weighted by molar-refractivity contribution is 6.33. The van der Waals surface area contributed by atoms with Crippen LogP contribution >= 0.6 is 0 Å². The van der Waals surface area contributed by atoms with Crippen molar-refractivity contribution in [1.29, 1.82) is 0 Å². The van der Waals surface area contributed by atoms with Gasteiger partial charge in [0, 0.05) is 0 Å². The van der Waals surface area contributed by atoms with Crippen LogP contribution in [-0.4, -0.2) is 10.2 Å². The van der Waals surface area contributed by atoms with Gasteiger partial charge in [-0.15, -0.1) is 19.7 Å². The van der Waals surface area contributed by atoms with Crippen LogP contribution in [0.2, 0.25) is 0 Å². The summed E-state index contributed by atoms with van der Waals surface area (Å²) in [6.45, 7) is 11.4. The molecule has 0 saturated carbocycles. The van der Waals surface area contributed by atoms with Crippen molar-refractivity contribution in [3.8, 4) is 0 Å². The summed E-state index contributed by atoms with van der Waals surface area (Å²) < 4.78 is 0. The molecular formula is C15H17Si. The Morgan fingerprint density at radius 1 is 0.875 bits per heavy atom. The molecule has 0 amide bonds. The summed E-state index contributed by atoms with van der Waals surface area (Å²) in [4.78, 5) is 0. The monoisotopic (exact) mass is 225 g/mol. The Morgan fingerprint density at radius 3 is 2.00 bits per heavy atom. The second-order valence-corrected chi connectivity index (χ2v) is 4.25. The molecule has 0 aliphatic rings. The van der Waals surface area contributed by atoms with Crippen molar-refractivity contribution < 1.29 is 0 Å². The van der Waals surface area contributed by atoms with Crippen LogP contribution in [0, 0.1) is 0 Å². The van der Waals surface area contributed by atoms with Gasteiger partial charge in [0.25, 0.3) is 0 Å². The highest BCUT2D eigenvalue weighted by Crippen LogP contribution is 2.16. The van der Waals surface area contributed by atoms with Gasteiger partial charge in [0.2, 0.25) is 0 Å². The van der Waals surface area contributed by atoms with Crippen molar-refractivity contribution in [2.45, 2.75) is 19.3 Å². The summed E-state index contributed by atoms with van der Waals surface area (Å²) in [5.74, 6) is 0. The molecule has 0 heterocycles. The molecule has 0 aliphatic heterocycles. The Morgan fingerprint density at radius 2 is 1.44 bits per heavy atom. The molecule has 0 nitrogen and oxygen atoms in total. The molecule has 0 N–H and O–H groups in total. The van der Waals surface area contributed by atoms with E-state index < -0.39 is 0 Å². The normalized spacial score (nSPS) is 9.81. The molecule has 0 aromatic heterocycles. The maximum atomic E-state index is 3.82. The highest BCUT2D eigenvalue weighted by Gasteiger charge is 2.08. The Bertz CT molecular complexity index is 402. The van der Waals surface area contributed by atoms with E-state index >= 15 is 0 Å².